The predicted octanol–water partition coefficient (Wildman–Crippen LogP) is 3.27. The normalized spacial score (nSPS) is 10.6. The van der Waals surface area contributed by atoms with Gasteiger partial charge in [-0.1, -0.05) is 18.2 Å². The van der Waals surface area contributed by atoms with Gasteiger partial charge in [0.15, 0.2) is 5.69 Å². The van der Waals surface area contributed by atoms with E-state index in [-0.39, 0.29) is 29.3 Å². The number of hydrogen-bond donors (Lipinski definition) is 0. The second-order valence-corrected chi connectivity index (χ2v) is 7.46. The summed E-state index contributed by atoms with van der Waals surface area (Å²) in [4.78, 5) is 36.1. The molecule has 0 bridgehead atoms. The summed E-state index contributed by atoms with van der Waals surface area (Å²) in [5.41, 5.74) is 1.64. The monoisotopic (exact) mass is 491 g/mol. The van der Waals surface area contributed by atoms with E-state index in [2.05, 4.69) is 10.2 Å². The third-order valence-electron chi connectivity index (χ3n) is 5.35. The first-order chi connectivity index (χ1) is 17.4. The van der Waals surface area contributed by atoms with Crippen LogP contribution in [0.5, 0.6) is 5.75 Å². The summed E-state index contributed by atoms with van der Waals surface area (Å²) in [5, 5.41) is 19.5. The van der Waals surface area contributed by atoms with Gasteiger partial charge in [-0.2, -0.15) is 9.78 Å². The Balaban J connectivity index is 1.90. The van der Waals surface area contributed by atoms with Crippen molar-refractivity contribution in [1.82, 2.24) is 19.6 Å². The lowest BCUT2D eigenvalue weighted by Crippen LogP contribution is -2.15. The quantitative estimate of drug-likeness (QED) is 0.206. The third-order valence-corrected chi connectivity index (χ3v) is 5.35. The lowest BCUT2D eigenvalue weighted by atomic mass is 10.0. The number of hydrogen-bond acceptors (Lipinski definition) is 9. The van der Waals surface area contributed by atoms with E-state index in [9.17, 15) is 19.7 Å². The van der Waals surface area contributed by atoms with E-state index in [0.717, 1.165) is 0 Å². The van der Waals surface area contributed by atoms with E-state index in [1.165, 1.54) is 43.0 Å². The molecule has 0 aliphatic rings. The minimum Gasteiger partial charge on any atom is -0.496 e. The standard InChI is InChI=1S/C24H21N5O7/c1-34-18-10-9-15(13-16(18)14-27-12-11-19(25-27)29(32)33)21-20(23(30)35-2)22(24(31)36-3)28(26-21)17-7-5-4-6-8-17/h4-13H,14H2,1-3H3. The highest BCUT2D eigenvalue weighted by molar-refractivity contribution is 6.06. The summed E-state index contributed by atoms with van der Waals surface area (Å²) in [6.07, 6.45) is 1.48. The van der Waals surface area contributed by atoms with Crippen LogP contribution in [0.2, 0.25) is 0 Å². The van der Waals surface area contributed by atoms with Crippen molar-refractivity contribution in [3.8, 4) is 22.7 Å². The van der Waals surface area contributed by atoms with Crippen LogP contribution < -0.4 is 4.74 Å². The van der Waals surface area contributed by atoms with Gasteiger partial charge in [0.1, 0.15) is 17.0 Å². The van der Waals surface area contributed by atoms with Gasteiger partial charge in [0.2, 0.25) is 0 Å². The average molecular weight is 491 g/mol. The number of benzene rings is 2. The van der Waals surface area contributed by atoms with Crippen LogP contribution in [0, 0.1) is 10.1 Å². The van der Waals surface area contributed by atoms with E-state index in [1.807, 2.05) is 6.07 Å². The minimum absolute atomic E-state index is 0.0703. The molecular formula is C24H21N5O7. The van der Waals surface area contributed by atoms with Crippen molar-refractivity contribution in [2.24, 2.45) is 0 Å². The average Bonchev–Trinajstić information content (AvgIpc) is 3.54. The number of ether oxygens (including phenoxy) is 3. The number of aromatic nitrogens is 4. The number of rotatable bonds is 8. The number of methoxy groups -OCH3 is 3. The van der Waals surface area contributed by atoms with Crippen LogP contribution in [0.3, 0.4) is 0 Å². The van der Waals surface area contributed by atoms with Crippen LogP contribution in [-0.4, -0.2) is 57.8 Å². The van der Waals surface area contributed by atoms with Crippen LogP contribution >= 0.6 is 0 Å². The molecule has 0 spiro atoms. The number of nitro groups is 1. The smallest absolute Gasteiger partial charge is 0.389 e. The molecule has 2 aromatic heterocycles. The molecule has 0 radical (unpaired) electrons. The molecule has 184 valence electrons. The van der Waals surface area contributed by atoms with Gasteiger partial charge in [-0.25, -0.2) is 14.3 Å². The van der Waals surface area contributed by atoms with E-state index in [4.69, 9.17) is 14.2 Å². The van der Waals surface area contributed by atoms with Crippen molar-refractivity contribution in [3.63, 3.8) is 0 Å². The largest absolute Gasteiger partial charge is 0.496 e. The second-order valence-electron chi connectivity index (χ2n) is 7.46. The number of carbonyl (C=O) groups excluding carboxylic acids is 2. The topological polar surface area (TPSA) is 141 Å². The molecule has 0 fully saturated rings. The summed E-state index contributed by atoms with van der Waals surface area (Å²) in [7, 11) is 3.90. The van der Waals surface area contributed by atoms with E-state index in [0.29, 0.717) is 22.6 Å². The second kappa shape index (κ2) is 10.1. The molecule has 0 saturated heterocycles. The molecule has 0 saturated carbocycles. The Kier molecular flexibility index (Phi) is 6.77. The number of para-hydroxylation sites is 1. The molecule has 0 aliphatic heterocycles. The lowest BCUT2D eigenvalue weighted by Gasteiger charge is -2.10. The molecule has 0 atom stereocenters. The Labute approximate surface area is 204 Å². The van der Waals surface area contributed by atoms with Crippen LogP contribution in [0.15, 0.2) is 60.8 Å². The van der Waals surface area contributed by atoms with Crippen molar-refractivity contribution in [2.45, 2.75) is 6.54 Å². The highest BCUT2D eigenvalue weighted by Gasteiger charge is 2.31. The van der Waals surface area contributed by atoms with Crippen molar-refractivity contribution >= 4 is 17.8 Å². The molecule has 0 amide bonds. The van der Waals surface area contributed by atoms with Crippen molar-refractivity contribution in [3.05, 3.63) is 87.7 Å². The van der Waals surface area contributed by atoms with Gasteiger partial charge >= 0.3 is 17.8 Å². The van der Waals surface area contributed by atoms with Gasteiger partial charge in [0.05, 0.1) is 50.9 Å². The van der Waals surface area contributed by atoms with E-state index >= 15 is 0 Å². The van der Waals surface area contributed by atoms with E-state index in [1.54, 1.807) is 42.5 Å². The Hall–Kier alpha value is -5.00. The van der Waals surface area contributed by atoms with Crippen LogP contribution in [-0.2, 0) is 16.0 Å². The zero-order valence-electron chi connectivity index (χ0n) is 19.6. The molecule has 2 aromatic carbocycles. The van der Waals surface area contributed by atoms with Crippen LogP contribution in [0.1, 0.15) is 26.4 Å². The minimum atomic E-state index is -0.771. The summed E-state index contributed by atoms with van der Waals surface area (Å²) in [5.74, 6) is -1.34. The first kappa shape index (κ1) is 24.1. The van der Waals surface area contributed by atoms with Gasteiger partial charge in [-0.3, -0.25) is 0 Å². The van der Waals surface area contributed by atoms with E-state index < -0.39 is 16.9 Å². The number of nitrogens with zero attached hydrogens (tertiary/aromatic N) is 5. The molecule has 12 heteroatoms. The van der Waals surface area contributed by atoms with Crippen molar-refractivity contribution in [2.75, 3.05) is 21.3 Å². The summed E-state index contributed by atoms with van der Waals surface area (Å²) >= 11 is 0. The SMILES string of the molecule is COC(=O)c1c(-c2ccc(OC)c(Cn3ccc([N+](=O)[O-])n3)c2)nn(-c2ccccc2)c1C(=O)OC. The molecular weight excluding hydrogens is 470 g/mol. The zero-order valence-corrected chi connectivity index (χ0v) is 19.6. The highest BCUT2D eigenvalue weighted by atomic mass is 16.6. The van der Waals surface area contributed by atoms with Crippen molar-refractivity contribution < 1.29 is 28.7 Å². The molecule has 36 heavy (non-hydrogen) atoms. The Bertz CT molecular complexity index is 1440. The lowest BCUT2D eigenvalue weighted by molar-refractivity contribution is -0.389. The molecule has 12 nitrogen and oxygen atoms in total. The number of esters is 2. The maximum Gasteiger partial charge on any atom is 0.389 e. The first-order valence-corrected chi connectivity index (χ1v) is 10.6. The summed E-state index contributed by atoms with van der Waals surface area (Å²) < 4.78 is 18.1. The van der Waals surface area contributed by atoms with Gasteiger partial charge in [0, 0.05) is 11.1 Å². The van der Waals surface area contributed by atoms with Gasteiger partial charge < -0.3 is 24.3 Å². The van der Waals surface area contributed by atoms with Gasteiger partial charge in [0.25, 0.3) is 0 Å². The number of carbonyl (C=O) groups is 2. The fraction of sp³-hybridized carbons (Fsp3) is 0.167. The van der Waals surface area contributed by atoms with Gasteiger partial charge in [-0.05, 0) is 35.3 Å². The fourth-order valence-corrected chi connectivity index (χ4v) is 3.72. The van der Waals surface area contributed by atoms with Crippen LogP contribution in [0.4, 0.5) is 5.82 Å². The van der Waals surface area contributed by atoms with Gasteiger partial charge in [-0.15, -0.1) is 0 Å². The molecule has 0 N–H and O–H groups in total. The molecule has 2 heterocycles. The fourth-order valence-electron chi connectivity index (χ4n) is 3.72. The summed E-state index contributed by atoms with van der Waals surface area (Å²) in [6, 6.07) is 15.1. The Morgan fingerprint density at radius 1 is 0.972 bits per heavy atom. The molecule has 0 aliphatic carbocycles. The maximum atomic E-state index is 12.9. The highest BCUT2D eigenvalue weighted by Crippen LogP contribution is 2.32. The Morgan fingerprint density at radius 3 is 2.31 bits per heavy atom. The summed E-state index contributed by atoms with van der Waals surface area (Å²) in [6.45, 7) is 0.141. The Morgan fingerprint density at radius 2 is 1.69 bits per heavy atom. The first-order valence-electron chi connectivity index (χ1n) is 10.6. The zero-order chi connectivity index (χ0) is 25.8. The molecule has 0 unspecified atom stereocenters. The van der Waals surface area contributed by atoms with Crippen LogP contribution in [0.25, 0.3) is 16.9 Å². The molecule has 4 rings (SSSR count). The molecule has 4 aromatic rings. The van der Waals surface area contributed by atoms with Crippen molar-refractivity contribution in [1.29, 1.82) is 0 Å². The predicted molar refractivity (Wildman–Crippen MR) is 126 cm³/mol. The maximum absolute atomic E-state index is 12.9. The third kappa shape index (κ3) is 4.51.